The zero-order valence-corrected chi connectivity index (χ0v) is 12.6. The second-order valence-electron chi connectivity index (χ2n) is 6.40. The number of rotatable bonds is 6. The zero-order chi connectivity index (χ0) is 13.9. The van der Waals surface area contributed by atoms with E-state index in [2.05, 4.69) is 5.32 Å². The maximum Gasteiger partial charge on any atom is 0.142 e. The molecule has 2 saturated carbocycles. The summed E-state index contributed by atoms with van der Waals surface area (Å²) in [7, 11) is 0. The molecule has 1 atom stereocenters. The van der Waals surface area contributed by atoms with Gasteiger partial charge in [-0.2, -0.15) is 0 Å². The third-order valence-corrected chi connectivity index (χ3v) is 5.25. The quantitative estimate of drug-likeness (QED) is 0.810. The van der Waals surface area contributed by atoms with Crippen molar-refractivity contribution in [2.24, 2.45) is 11.8 Å². The van der Waals surface area contributed by atoms with Crippen molar-refractivity contribution in [1.29, 1.82) is 0 Å². The molecule has 0 aliphatic heterocycles. The van der Waals surface area contributed by atoms with Gasteiger partial charge in [0.05, 0.1) is 5.02 Å². The highest BCUT2D eigenvalue weighted by Gasteiger charge is 2.28. The third kappa shape index (κ3) is 3.53. The van der Waals surface area contributed by atoms with Gasteiger partial charge >= 0.3 is 0 Å². The van der Waals surface area contributed by atoms with E-state index < -0.39 is 0 Å². The molecular weight excluding hydrogens is 273 g/mol. The van der Waals surface area contributed by atoms with Crippen molar-refractivity contribution in [3.63, 3.8) is 0 Å². The van der Waals surface area contributed by atoms with Crippen LogP contribution in [0.3, 0.4) is 0 Å². The van der Waals surface area contributed by atoms with E-state index in [0.717, 1.165) is 30.5 Å². The van der Waals surface area contributed by atoms with Crippen LogP contribution in [0.2, 0.25) is 5.02 Å². The van der Waals surface area contributed by atoms with Crippen LogP contribution in [0.4, 0.5) is 4.39 Å². The van der Waals surface area contributed by atoms with E-state index in [-0.39, 0.29) is 5.82 Å². The van der Waals surface area contributed by atoms with E-state index in [1.54, 1.807) is 6.07 Å². The first-order valence-electron chi connectivity index (χ1n) is 7.90. The van der Waals surface area contributed by atoms with Crippen molar-refractivity contribution >= 4 is 11.6 Å². The molecule has 3 heteroatoms. The van der Waals surface area contributed by atoms with Crippen molar-refractivity contribution in [3.8, 4) is 0 Å². The average Bonchev–Trinajstić information content (AvgIpc) is 3.11. The maximum absolute atomic E-state index is 13.6. The number of hydrogen-bond acceptors (Lipinski definition) is 1. The van der Waals surface area contributed by atoms with Gasteiger partial charge in [0.1, 0.15) is 5.82 Å². The minimum atomic E-state index is -0.288. The molecule has 0 radical (unpaired) electrons. The normalized spacial score (nSPS) is 21.3. The Morgan fingerprint density at radius 2 is 1.95 bits per heavy atom. The molecule has 0 amide bonds. The van der Waals surface area contributed by atoms with E-state index in [9.17, 15) is 4.39 Å². The summed E-state index contributed by atoms with van der Waals surface area (Å²) in [5.41, 5.74) is 0.973. The predicted octanol–water partition coefficient (Wildman–Crippen LogP) is 4.58. The Morgan fingerprint density at radius 1 is 1.20 bits per heavy atom. The molecule has 0 saturated heterocycles. The van der Waals surface area contributed by atoms with Crippen LogP contribution < -0.4 is 5.32 Å². The SMILES string of the molecule is Fc1cccc(CC(CNC2CC2)C2CCCC2)c1Cl. The molecule has 2 fully saturated rings. The molecule has 110 valence electrons. The standard InChI is InChI=1S/C17H23ClFN/c18-17-13(6-3-7-16(17)19)10-14(11-20-15-8-9-15)12-4-1-2-5-12/h3,6-7,12,14-15,20H,1-2,4-5,8-11H2. The van der Waals surface area contributed by atoms with E-state index >= 15 is 0 Å². The predicted molar refractivity (Wildman–Crippen MR) is 81.6 cm³/mol. The van der Waals surface area contributed by atoms with Gasteiger partial charge in [-0.3, -0.25) is 0 Å². The summed E-state index contributed by atoms with van der Waals surface area (Å²) in [5.74, 6) is 1.09. The van der Waals surface area contributed by atoms with Crippen LogP contribution in [0.1, 0.15) is 44.1 Å². The van der Waals surface area contributed by atoms with Gasteiger partial charge in [-0.15, -0.1) is 0 Å². The third-order valence-electron chi connectivity index (χ3n) is 4.83. The van der Waals surface area contributed by atoms with Gasteiger partial charge < -0.3 is 5.32 Å². The fourth-order valence-corrected chi connectivity index (χ4v) is 3.63. The second-order valence-corrected chi connectivity index (χ2v) is 6.78. The van der Waals surface area contributed by atoms with Crippen LogP contribution in [0.25, 0.3) is 0 Å². The van der Waals surface area contributed by atoms with E-state index in [1.165, 1.54) is 44.6 Å². The lowest BCUT2D eigenvalue weighted by Gasteiger charge is -2.24. The first kappa shape index (κ1) is 14.3. The first-order valence-corrected chi connectivity index (χ1v) is 8.28. The summed E-state index contributed by atoms with van der Waals surface area (Å²) >= 11 is 6.12. The van der Waals surface area contributed by atoms with E-state index in [4.69, 9.17) is 11.6 Å². The molecule has 1 nitrogen and oxygen atoms in total. The molecule has 2 aliphatic carbocycles. The molecule has 3 rings (SSSR count). The van der Waals surface area contributed by atoms with Gasteiger partial charge in [0.2, 0.25) is 0 Å². The Balaban J connectivity index is 1.68. The Kier molecular flexibility index (Phi) is 4.62. The van der Waals surface area contributed by atoms with Crippen molar-refractivity contribution in [2.75, 3.05) is 6.54 Å². The molecule has 1 aromatic carbocycles. The van der Waals surface area contributed by atoms with Crippen LogP contribution in [-0.4, -0.2) is 12.6 Å². The minimum Gasteiger partial charge on any atom is -0.314 e. The molecule has 20 heavy (non-hydrogen) atoms. The van der Waals surface area contributed by atoms with Gasteiger partial charge in [-0.05, 0) is 49.3 Å². The fraction of sp³-hybridized carbons (Fsp3) is 0.647. The summed E-state index contributed by atoms with van der Waals surface area (Å²) in [4.78, 5) is 0. The topological polar surface area (TPSA) is 12.0 Å². The molecule has 0 heterocycles. The lowest BCUT2D eigenvalue weighted by atomic mass is 9.85. The van der Waals surface area contributed by atoms with Crippen LogP contribution in [0.5, 0.6) is 0 Å². The minimum absolute atomic E-state index is 0.288. The number of hydrogen-bond donors (Lipinski definition) is 1. The van der Waals surface area contributed by atoms with Gasteiger partial charge in [0, 0.05) is 6.04 Å². The highest BCUT2D eigenvalue weighted by atomic mass is 35.5. The molecule has 0 spiro atoms. The molecule has 0 aromatic heterocycles. The Bertz CT molecular complexity index is 452. The van der Waals surface area contributed by atoms with Crippen LogP contribution >= 0.6 is 11.6 Å². The number of nitrogens with one attached hydrogen (secondary N) is 1. The van der Waals surface area contributed by atoms with Crippen LogP contribution in [-0.2, 0) is 6.42 Å². The van der Waals surface area contributed by atoms with Crippen molar-refractivity contribution in [2.45, 2.75) is 51.0 Å². The molecule has 2 aliphatic rings. The first-order chi connectivity index (χ1) is 9.74. The summed E-state index contributed by atoms with van der Waals surface area (Å²) in [5, 5.41) is 3.97. The van der Waals surface area contributed by atoms with Gasteiger partial charge in [0.25, 0.3) is 0 Å². The Hall–Kier alpha value is -0.600. The van der Waals surface area contributed by atoms with Crippen molar-refractivity contribution < 1.29 is 4.39 Å². The Labute approximate surface area is 125 Å². The smallest absolute Gasteiger partial charge is 0.142 e. The highest BCUT2D eigenvalue weighted by Crippen LogP contribution is 2.35. The van der Waals surface area contributed by atoms with Crippen LogP contribution in [0, 0.1) is 17.7 Å². The number of benzene rings is 1. The van der Waals surface area contributed by atoms with Crippen molar-refractivity contribution in [3.05, 3.63) is 34.6 Å². The molecule has 0 bridgehead atoms. The largest absolute Gasteiger partial charge is 0.314 e. The average molecular weight is 296 g/mol. The van der Waals surface area contributed by atoms with E-state index in [1.807, 2.05) is 6.07 Å². The lowest BCUT2D eigenvalue weighted by Crippen LogP contribution is -2.30. The lowest BCUT2D eigenvalue weighted by molar-refractivity contribution is 0.320. The van der Waals surface area contributed by atoms with Crippen LogP contribution in [0.15, 0.2) is 18.2 Å². The molecule has 1 N–H and O–H groups in total. The molecule has 1 aromatic rings. The monoisotopic (exact) mass is 295 g/mol. The zero-order valence-electron chi connectivity index (χ0n) is 11.9. The van der Waals surface area contributed by atoms with Gasteiger partial charge in [-0.25, -0.2) is 4.39 Å². The van der Waals surface area contributed by atoms with E-state index in [0.29, 0.717) is 10.9 Å². The Morgan fingerprint density at radius 3 is 2.65 bits per heavy atom. The van der Waals surface area contributed by atoms with Gasteiger partial charge in [-0.1, -0.05) is 49.4 Å². The number of halogens is 2. The summed E-state index contributed by atoms with van der Waals surface area (Å²) in [6.07, 6.45) is 8.88. The summed E-state index contributed by atoms with van der Waals surface area (Å²) < 4.78 is 13.6. The molecular formula is C17H23ClFN. The second kappa shape index (κ2) is 6.44. The molecule has 1 unspecified atom stereocenters. The summed E-state index contributed by atoms with van der Waals surface area (Å²) in [6, 6.07) is 5.93. The summed E-state index contributed by atoms with van der Waals surface area (Å²) in [6.45, 7) is 1.06. The van der Waals surface area contributed by atoms with Crippen molar-refractivity contribution in [1.82, 2.24) is 5.32 Å². The fourth-order valence-electron chi connectivity index (χ4n) is 3.43. The maximum atomic E-state index is 13.6. The van der Waals surface area contributed by atoms with Gasteiger partial charge in [0.15, 0.2) is 0 Å². The highest BCUT2D eigenvalue weighted by molar-refractivity contribution is 6.31.